The predicted octanol–water partition coefficient (Wildman–Crippen LogP) is 4.52. The Hall–Kier alpha value is -4.48. The summed E-state index contributed by atoms with van der Waals surface area (Å²) in [5.74, 6) is -1.94. The summed E-state index contributed by atoms with van der Waals surface area (Å²) in [6.07, 6.45) is 3.87. The molecule has 12 heteroatoms. The van der Waals surface area contributed by atoms with E-state index in [1.54, 1.807) is 32.2 Å². The molecule has 0 N–H and O–H groups in total. The first-order valence-corrected chi connectivity index (χ1v) is 11.9. The van der Waals surface area contributed by atoms with Gasteiger partial charge in [0, 0.05) is 36.2 Å². The molecule has 0 radical (unpaired) electrons. The lowest BCUT2D eigenvalue weighted by atomic mass is 10.3. The molecule has 38 heavy (non-hydrogen) atoms. The zero-order valence-corrected chi connectivity index (χ0v) is 22.3. The minimum atomic E-state index is -0.840. The molecule has 0 aromatic carbocycles. The van der Waals surface area contributed by atoms with E-state index in [4.69, 9.17) is 4.74 Å². The Morgan fingerprint density at radius 3 is 2.39 bits per heavy atom. The molecule has 0 fully saturated rings. The summed E-state index contributed by atoms with van der Waals surface area (Å²) < 4.78 is 39.8. The highest BCUT2D eigenvalue weighted by atomic mass is 19.1. The highest BCUT2D eigenvalue weighted by Crippen LogP contribution is 2.19. The fourth-order valence-corrected chi connectivity index (χ4v) is 3.22. The van der Waals surface area contributed by atoms with Gasteiger partial charge < -0.3 is 9.47 Å². The van der Waals surface area contributed by atoms with Crippen LogP contribution in [0.4, 0.5) is 8.78 Å². The molecule has 0 bridgehead atoms. The lowest BCUT2D eigenvalue weighted by molar-refractivity contribution is 0.0586. The zero-order valence-electron chi connectivity index (χ0n) is 22.3. The molecular formula is C26H30F2N6O4. The van der Waals surface area contributed by atoms with Crippen LogP contribution in [0, 0.1) is 25.5 Å². The quantitative estimate of drug-likeness (QED) is 0.336. The van der Waals surface area contributed by atoms with Gasteiger partial charge in [0.05, 0.1) is 30.9 Å². The van der Waals surface area contributed by atoms with Crippen molar-refractivity contribution in [3.8, 4) is 17.3 Å². The molecule has 0 aliphatic carbocycles. The molecule has 0 saturated carbocycles. The van der Waals surface area contributed by atoms with Crippen LogP contribution in [0.25, 0.3) is 11.5 Å². The fourth-order valence-electron chi connectivity index (χ4n) is 3.22. The van der Waals surface area contributed by atoms with Crippen LogP contribution in [0.15, 0.2) is 47.7 Å². The minimum Gasteiger partial charge on any atom is -0.487 e. The fraction of sp³-hybridized carbons (Fsp3) is 0.308. The van der Waals surface area contributed by atoms with Crippen LogP contribution in [-0.4, -0.2) is 42.4 Å². The van der Waals surface area contributed by atoms with Crippen molar-refractivity contribution >= 4 is 5.97 Å². The standard InChI is InChI=1S/C22H18F2N6O4.2C2H6/c1-12-6-15(34-11-17-16(24)7-14(23)9-26-17)8-20(31)30(12)18-10-29(28-13(18)2)19-4-5-25-21(27-19)22(32)33-3;2*1-2/h4-10H,11H2,1-3H3;2*1-2H3. The number of carbonyl (C=O) groups is 1. The summed E-state index contributed by atoms with van der Waals surface area (Å²) in [5, 5.41) is 4.38. The number of halogens is 2. The number of carbonyl (C=O) groups excluding carboxylic acids is 1. The third kappa shape index (κ3) is 6.84. The molecule has 0 amide bonds. The molecule has 0 spiro atoms. The van der Waals surface area contributed by atoms with E-state index in [1.165, 1.54) is 28.6 Å². The molecule has 0 unspecified atom stereocenters. The van der Waals surface area contributed by atoms with Gasteiger partial charge in [-0.25, -0.2) is 28.2 Å². The normalized spacial score (nSPS) is 10.0. The van der Waals surface area contributed by atoms with Gasteiger partial charge in [0.1, 0.15) is 23.9 Å². The van der Waals surface area contributed by atoms with Gasteiger partial charge in [-0.2, -0.15) is 5.10 Å². The largest absolute Gasteiger partial charge is 0.487 e. The second kappa shape index (κ2) is 13.7. The van der Waals surface area contributed by atoms with E-state index in [9.17, 15) is 18.4 Å². The highest BCUT2D eigenvalue weighted by Gasteiger charge is 2.16. The first-order valence-electron chi connectivity index (χ1n) is 11.9. The number of nitrogens with zero attached hydrogens (tertiary/aromatic N) is 6. The maximum atomic E-state index is 13.8. The van der Waals surface area contributed by atoms with E-state index in [0.29, 0.717) is 29.0 Å². The third-order valence-electron chi connectivity index (χ3n) is 4.81. The van der Waals surface area contributed by atoms with E-state index >= 15 is 0 Å². The number of ether oxygens (including phenoxy) is 2. The Balaban J connectivity index is 0.00000121. The number of hydrogen-bond acceptors (Lipinski definition) is 8. The molecule has 202 valence electrons. The third-order valence-corrected chi connectivity index (χ3v) is 4.81. The molecule has 0 atom stereocenters. The summed E-state index contributed by atoms with van der Waals surface area (Å²) in [6, 6.07) is 5.10. The summed E-state index contributed by atoms with van der Waals surface area (Å²) in [7, 11) is 1.23. The Labute approximate surface area is 218 Å². The Kier molecular flexibility index (Phi) is 10.7. The lowest BCUT2D eigenvalue weighted by Gasteiger charge is -2.12. The topological polar surface area (TPSA) is 114 Å². The van der Waals surface area contributed by atoms with Crippen LogP contribution in [0.2, 0.25) is 0 Å². The summed E-state index contributed by atoms with van der Waals surface area (Å²) in [4.78, 5) is 36.3. The number of esters is 1. The minimum absolute atomic E-state index is 0.0865. The lowest BCUT2D eigenvalue weighted by Crippen LogP contribution is -2.20. The van der Waals surface area contributed by atoms with Gasteiger partial charge in [0.15, 0.2) is 11.6 Å². The molecule has 4 aromatic rings. The van der Waals surface area contributed by atoms with Crippen molar-refractivity contribution in [1.29, 1.82) is 0 Å². The monoisotopic (exact) mass is 528 g/mol. The van der Waals surface area contributed by atoms with Crippen molar-refractivity contribution in [3.05, 3.63) is 87.8 Å². The molecule has 0 saturated heterocycles. The van der Waals surface area contributed by atoms with Gasteiger partial charge in [0.25, 0.3) is 5.56 Å². The van der Waals surface area contributed by atoms with Gasteiger partial charge in [-0.1, -0.05) is 27.7 Å². The van der Waals surface area contributed by atoms with Crippen molar-refractivity contribution in [1.82, 2.24) is 29.3 Å². The van der Waals surface area contributed by atoms with E-state index in [0.717, 1.165) is 6.20 Å². The van der Waals surface area contributed by atoms with Crippen LogP contribution in [0.5, 0.6) is 5.75 Å². The van der Waals surface area contributed by atoms with Gasteiger partial charge in [-0.05, 0) is 13.8 Å². The number of methoxy groups -OCH3 is 1. The van der Waals surface area contributed by atoms with Crippen LogP contribution >= 0.6 is 0 Å². The van der Waals surface area contributed by atoms with E-state index < -0.39 is 23.2 Å². The average Bonchev–Trinajstić information content (AvgIpc) is 3.30. The van der Waals surface area contributed by atoms with Crippen molar-refractivity contribution < 1.29 is 23.0 Å². The van der Waals surface area contributed by atoms with Crippen LogP contribution in [0.3, 0.4) is 0 Å². The maximum absolute atomic E-state index is 13.8. The van der Waals surface area contributed by atoms with E-state index in [1.807, 2.05) is 27.7 Å². The molecule has 10 nitrogen and oxygen atoms in total. The number of aromatic nitrogens is 6. The molecule has 4 heterocycles. The van der Waals surface area contributed by atoms with Crippen LogP contribution < -0.4 is 10.3 Å². The summed E-state index contributed by atoms with van der Waals surface area (Å²) in [6.45, 7) is 11.1. The first-order chi connectivity index (χ1) is 18.3. The van der Waals surface area contributed by atoms with Gasteiger partial charge in [0.2, 0.25) is 5.82 Å². The van der Waals surface area contributed by atoms with Crippen molar-refractivity contribution in [2.75, 3.05) is 7.11 Å². The second-order valence-corrected chi connectivity index (χ2v) is 7.15. The SMILES string of the molecule is CC.CC.COC(=O)c1nccc(-n2cc(-n3c(C)cc(OCc4ncc(F)cc4F)cc3=O)c(C)n2)n1. The second-order valence-electron chi connectivity index (χ2n) is 7.15. The average molecular weight is 529 g/mol. The van der Waals surface area contributed by atoms with E-state index in [-0.39, 0.29) is 23.9 Å². The zero-order chi connectivity index (χ0) is 28.4. The van der Waals surface area contributed by atoms with E-state index in [2.05, 4.69) is 24.8 Å². The van der Waals surface area contributed by atoms with Crippen molar-refractivity contribution in [2.24, 2.45) is 0 Å². The van der Waals surface area contributed by atoms with Crippen LogP contribution in [0.1, 0.15) is 55.4 Å². The molecule has 4 rings (SSSR count). The van der Waals surface area contributed by atoms with Crippen LogP contribution in [-0.2, 0) is 11.3 Å². The summed E-state index contributed by atoms with van der Waals surface area (Å²) in [5.41, 5.74) is 1.03. The molecule has 4 aromatic heterocycles. The van der Waals surface area contributed by atoms with Gasteiger partial charge >= 0.3 is 5.97 Å². The number of rotatable bonds is 6. The first kappa shape index (κ1) is 29.7. The van der Waals surface area contributed by atoms with Gasteiger partial charge in [-0.15, -0.1) is 0 Å². The highest BCUT2D eigenvalue weighted by molar-refractivity contribution is 5.85. The molecule has 0 aliphatic heterocycles. The Morgan fingerprint density at radius 2 is 1.76 bits per heavy atom. The van der Waals surface area contributed by atoms with Crippen molar-refractivity contribution in [2.45, 2.75) is 48.1 Å². The Bertz CT molecular complexity index is 1450. The summed E-state index contributed by atoms with van der Waals surface area (Å²) >= 11 is 0. The molecular weight excluding hydrogens is 498 g/mol. The Morgan fingerprint density at radius 1 is 1.05 bits per heavy atom. The maximum Gasteiger partial charge on any atom is 0.376 e. The number of pyridine rings is 2. The number of aryl methyl sites for hydroxylation is 2. The molecule has 0 aliphatic rings. The van der Waals surface area contributed by atoms with Gasteiger partial charge in [-0.3, -0.25) is 14.3 Å². The van der Waals surface area contributed by atoms with Crippen molar-refractivity contribution in [3.63, 3.8) is 0 Å². The predicted molar refractivity (Wildman–Crippen MR) is 137 cm³/mol. The number of hydrogen-bond donors (Lipinski definition) is 0. The smallest absolute Gasteiger partial charge is 0.376 e.